The number of carbonyl (C=O) groups is 1. The molecule has 1 aromatic carbocycles. The summed E-state index contributed by atoms with van der Waals surface area (Å²) in [5.74, 6) is 0.748. The van der Waals surface area contributed by atoms with Crippen molar-refractivity contribution in [3.8, 4) is 5.75 Å². The molecule has 0 aliphatic rings. The summed E-state index contributed by atoms with van der Waals surface area (Å²) in [6.45, 7) is 7.10. The third-order valence-electron chi connectivity index (χ3n) is 3.75. The van der Waals surface area contributed by atoms with Gasteiger partial charge in [-0.05, 0) is 41.2 Å². The molecule has 4 nitrogen and oxygen atoms in total. The van der Waals surface area contributed by atoms with Crippen molar-refractivity contribution in [3.05, 3.63) is 59.4 Å². The van der Waals surface area contributed by atoms with Gasteiger partial charge >= 0.3 is 0 Å². The molecule has 0 radical (unpaired) electrons. The van der Waals surface area contributed by atoms with E-state index in [1.54, 1.807) is 31.6 Å². The van der Waals surface area contributed by atoms with Gasteiger partial charge in [0.05, 0.1) is 12.7 Å². The fourth-order valence-electron chi connectivity index (χ4n) is 2.35. The van der Waals surface area contributed by atoms with Crippen LogP contribution in [-0.2, 0) is 11.8 Å². The topological polar surface area (TPSA) is 51.2 Å². The van der Waals surface area contributed by atoms with Crippen molar-refractivity contribution in [1.29, 1.82) is 0 Å². The van der Waals surface area contributed by atoms with Gasteiger partial charge in [0.15, 0.2) is 0 Å². The van der Waals surface area contributed by atoms with Gasteiger partial charge in [0.2, 0.25) is 0 Å². The minimum Gasteiger partial charge on any atom is -0.496 e. The van der Waals surface area contributed by atoms with Crippen LogP contribution in [0.2, 0.25) is 0 Å². The molecule has 0 spiro atoms. The van der Waals surface area contributed by atoms with Crippen LogP contribution in [0.25, 0.3) is 0 Å². The number of ether oxygens (including phenoxy) is 1. The molecule has 0 fully saturated rings. The summed E-state index contributed by atoms with van der Waals surface area (Å²) < 4.78 is 5.43. The van der Waals surface area contributed by atoms with Gasteiger partial charge in [-0.2, -0.15) is 0 Å². The Hall–Kier alpha value is -2.36. The summed E-state index contributed by atoms with van der Waals surface area (Å²) in [7, 11) is 1.67. The zero-order valence-corrected chi connectivity index (χ0v) is 14.2. The fourth-order valence-corrected chi connectivity index (χ4v) is 2.35. The number of aromatic nitrogens is 1. The fraction of sp³-hybridized carbons (Fsp3) is 0.368. The van der Waals surface area contributed by atoms with Gasteiger partial charge in [-0.15, -0.1) is 0 Å². The third kappa shape index (κ3) is 4.55. The second-order valence-corrected chi connectivity index (χ2v) is 6.52. The van der Waals surface area contributed by atoms with Gasteiger partial charge in [0.1, 0.15) is 5.75 Å². The molecule has 0 atom stereocenters. The van der Waals surface area contributed by atoms with Crippen molar-refractivity contribution < 1.29 is 9.53 Å². The van der Waals surface area contributed by atoms with Crippen molar-refractivity contribution in [2.75, 3.05) is 13.7 Å². The Labute approximate surface area is 137 Å². The van der Waals surface area contributed by atoms with E-state index >= 15 is 0 Å². The molecule has 2 aromatic rings. The maximum Gasteiger partial charge on any atom is 0.252 e. The van der Waals surface area contributed by atoms with Crippen LogP contribution in [0.15, 0.2) is 42.7 Å². The second-order valence-electron chi connectivity index (χ2n) is 6.52. The molecule has 0 aliphatic carbocycles. The molecule has 0 saturated carbocycles. The van der Waals surface area contributed by atoms with Crippen LogP contribution in [-0.4, -0.2) is 24.5 Å². The van der Waals surface area contributed by atoms with E-state index in [2.05, 4.69) is 43.2 Å². The molecule has 23 heavy (non-hydrogen) atoms. The third-order valence-corrected chi connectivity index (χ3v) is 3.75. The lowest BCUT2D eigenvalue weighted by Gasteiger charge is -2.21. The van der Waals surface area contributed by atoms with E-state index in [9.17, 15) is 4.79 Å². The molecule has 0 bridgehead atoms. The first-order chi connectivity index (χ1) is 10.9. The maximum atomic E-state index is 12.0. The van der Waals surface area contributed by atoms with E-state index in [4.69, 9.17) is 4.74 Å². The van der Waals surface area contributed by atoms with Crippen LogP contribution < -0.4 is 10.1 Å². The largest absolute Gasteiger partial charge is 0.496 e. The molecule has 4 heteroatoms. The molecule has 1 amide bonds. The first-order valence-electron chi connectivity index (χ1n) is 7.77. The number of nitrogens with one attached hydrogen (secondary N) is 1. The van der Waals surface area contributed by atoms with Crippen LogP contribution in [0.1, 0.15) is 42.3 Å². The van der Waals surface area contributed by atoms with Crippen molar-refractivity contribution >= 4 is 5.91 Å². The molecular formula is C19H24N2O2. The highest BCUT2D eigenvalue weighted by Gasteiger charge is 2.16. The second kappa shape index (κ2) is 7.27. The van der Waals surface area contributed by atoms with E-state index in [0.29, 0.717) is 12.1 Å². The molecular weight excluding hydrogens is 288 g/mol. The Kier molecular flexibility index (Phi) is 5.37. The summed E-state index contributed by atoms with van der Waals surface area (Å²) in [6.07, 6.45) is 3.94. The number of benzene rings is 1. The first-order valence-corrected chi connectivity index (χ1v) is 7.77. The molecule has 122 valence electrons. The Morgan fingerprint density at radius 2 is 2.04 bits per heavy atom. The van der Waals surface area contributed by atoms with Crippen molar-refractivity contribution in [3.63, 3.8) is 0 Å². The number of methoxy groups -OCH3 is 1. The summed E-state index contributed by atoms with van der Waals surface area (Å²) in [4.78, 5) is 16.0. The smallest absolute Gasteiger partial charge is 0.252 e. The Morgan fingerprint density at radius 3 is 2.65 bits per heavy atom. The van der Waals surface area contributed by atoms with Gasteiger partial charge < -0.3 is 10.1 Å². The monoisotopic (exact) mass is 312 g/mol. The normalized spacial score (nSPS) is 11.1. The van der Waals surface area contributed by atoms with Crippen LogP contribution >= 0.6 is 0 Å². The zero-order chi connectivity index (χ0) is 16.9. The summed E-state index contributed by atoms with van der Waals surface area (Å²) in [6, 6.07) is 9.76. The van der Waals surface area contributed by atoms with Gasteiger partial charge in [-0.1, -0.05) is 32.9 Å². The quantitative estimate of drug-likeness (QED) is 0.921. The maximum absolute atomic E-state index is 12.0. The van der Waals surface area contributed by atoms with Gasteiger partial charge in [-0.3, -0.25) is 9.78 Å². The minimum absolute atomic E-state index is 0.0833. The zero-order valence-electron chi connectivity index (χ0n) is 14.2. The molecule has 0 saturated heterocycles. The highest BCUT2D eigenvalue weighted by atomic mass is 16.5. The lowest BCUT2D eigenvalue weighted by atomic mass is 9.85. The van der Waals surface area contributed by atoms with Gasteiger partial charge in [-0.25, -0.2) is 0 Å². The molecule has 0 aliphatic heterocycles. The lowest BCUT2D eigenvalue weighted by Crippen LogP contribution is -2.26. The Balaban J connectivity index is 2.03. The predicted molar refractivity (Wildman–Crippen MR) is 92.0 cm³/mol. The highest BCUT2D eigenvalue weighted by Crippen LogP contribution is 2.28. The summed E-state index contributed by atoms with van der Waals surface area (Å²) in [5.41, 5.74) is 3.01. The number of hydrogen-bond donors (Lipinski definition) is 1. The SMILES string of the molecule is COc1ccc(C(C)(C)C)cc1CCNC(=O)c1cccnc1. The number of rotatable bonds is 5. The van der Waals surface area contributed by atoms with Crippen LogP contribution in [0, 0.1) is 0 Å². The number of hydrogen-bond acceptors (Lipinski definition) is 3. The Bertz CT molecular complexity index is 661. The van der Waals surface area contributed by atoms with Crippen molar-refractivity contribution in [1.82, 2.24) is 10.3 Å². The number of amides is 1. The van der Waals surface area contributed by atoms with E-state index in [1.807, 2.05) is 6.07 Å². The minimum atomic E-state index is -0.107. The predicted octanol–water partition coefficient (Wildman–Crippen LogP) is 3.36. The summed E-state index contributed by atoms with van der Waals surface area (Å²) >= 11 is 0. The molecule has 1 N–H and O–H groups in total. The molecule has 1 aromatic heterocycles. The molecule has 0 unspecified atom stereocenters. The average molecular weight is 312 g/mol. The van der Waals surface area contributed by atoms with Crippen LogP contribution in [0.3, 0.4) is 0 Å². The van der Waals surface area contributed by atoms with E-state index < -0.39 is 0 Å². The molecule has 2 rings (SSSR count). The van der Waals surface area contributed by atoms with Crippen LogP contribution in [0.4, 0.5) is 0 Å². The molecule has 1 heterocycles. The standard InChI is InChI=1S/C19H24N2O2/c1-19(2,3)16-7-8-17(23-4)14(12-16)9-11-21-18(22)15-6-5-10-20-13-15/h5-8,10,12-13H,9,11H2,1-4H3,(H,21,22). The number of pyridine rings is 1. The Morgan fingerprint density at radius 1 is 1.26 bits per heavy atom. The van der Waals surface area contributed by atoms with Gasteiger partial charge in [0, 0.05) is 18.9 Å². The van der Waals surface area contributed by atoms with Gasteiger partial charge in [0.25, 0.3) is 5.91 Å². The number of carbonyl (C=O) groups excluding carboxylic acids is 1. The number of nitrogens with zero attached hydrogens (tertiary/aromatic N) is 1. The first kappa shape index (κ1) is 17.0. The summed E-state index contributed by atoms with van der Waals surface area (Å²) in [5, 5.41) is 2.92. The van der Waals surface area contributed by atoms with E-state index in [0.717, 1.165) is 17.7 Å². The van der Waals surface area contributed by atoms with E-state index in [-0.39, 0.29) is 11.3 Å². The average Bonchev–Trinajstić information content (AvgIpc) is 2.54. The van der Waals surface area contributed by atoms with E-state index in [1.165, 1.54) is 5.56 Å². The van der Waals surface area contributed by atoms with Crippen LogP contribution in [0.5, 0.6) is 5.75 Å². The highest BCUT2D eigenvalue weighted by molar-refractivity contribution is 5.93. The van der Waals surface area contributed by atoms with Crippen molar-refractivity contribution in [2.45, 2.75) is 32.6 Å². The lowest BCUT2D eigenvalue weighted by molar-refractivity contribution is 0.0953. The van der Waals surface area contributed by atoms with Crippen molar-refractivity contribution in [2.24, 2.45) is 0 Å².